The highest BCUT2D eigenvalue weighted by atomic mass is 16.7. The lowest BCUT2D eigenvalue weighted by Crippen LogP contribution is -2.49. The molecule has 1 spiro atoms. The van der Waals surface area contributed by atoms with Gasteiger partial charge in [-0.2, -0.15) is 0 Å². The second kappa shape index (κ2) is 5.50. The third-order valence-corrected chi connectivity index (χ3v) is 3.11. The van der Waals surface area contributed by atoms with Crippen molar-refractivity contribution in [3.05, 3.63) is 10.4 Å². The Morgan fingerprint density at radius 3 is 2.94 bits per heavy atom. The van der Waals surface area contributed by atoms with Crippen LogP contribution in [0.5, 0.6) is 0 Å². The van der Waals surface area contributed by atoms with Gasteiger partial charge in [0.2, 0.25) is 0 Å². The molecule has 2 heterocycles. The van der Waals surface area contributed by atoms with Crippen molar-refractivity contribution < 1.29 is 9.47 Å². The molecular formula is C10H18N4O2. The van der Waals surface area contributed by atoms with Crippen LogP contribution in [-0.4, -0.2) is 50.1 Å². The molecule has 2 aliphatic heterocycles. The lowest BCUT2D eigenvalue weighted by molar-refractivity contribution is -0.189. The van der Waals surface area contributed by atoms with Crippen molar-refractivity contribution in [3.8, 4) is 0 Å². The number of ether oxygens (including phenoxy) is 2. The van der Waals surface area contributed by atoms with Crippen LogP contribution < -0.4 is 0 Å². The van der Waals surface area contributed by atoms with Gasteiger partial charge in [0.15, 0.2) is 5.79 Å². The summed E-state index contributed by atoms with van der Waals surface area (Å²) in [6.07, 6.45) is 3.02. The van der Waals surface area contributed by atoms with E-state index >= 15 is 0 Å². The molecule has 0 saturated carbocycles. The predicted molar refractivity (Wildman–Crippen MR) is 58.9 cm³/mol. The average molecular weight is 226 g/mol. The summed E-state index contributed by atoms with van der Waals surface area (Å²) >= 11 is 0. The van der Waals surface area contributed by atoms with Gasteiger partial charge in [0.05, 0.1) is 19.8 Å². The van der Waals surface area contributed by atoms with Crippen molar-refractivity contribution in [2.75, 3.05) is 39.4 Å². The van der Waals surface area contributed by atoms with E-state index in [0.717, 1.165) is 38.9 Å². The largest absolute Gasteiger partial charge is 0.346 e. The van der Waals surface area contributed by atoms with Crippen LogP contribution in [0.3, 0.4) is 0 Å². The number of hydrogen-bond acceptors (Lipinski definition) is 4. The predicted octanol–water partition coefficient (Wildman–Crippen LogP) is 1.53. The van der Waals surface area contributed by atoms with Gasteiger partial charge >= 0.3 is 0 Å². The molecule has 0 unspecified atom stereocenters. The summed E-state index contributed by atoms with van der Waals surface area (Å²) in [6, 6.07) is 0. The van der Waals surface area contributed by atoms with Gasteiger partial charge in [-0.3, -0.25) is 4.90 Å². The molecule has 0 aromatic heterocycles. The first-order chi connectivity index (χ1) is 7.85. The Kier molecular flexibility index (Phi) is 4.01. The molecule has 0 amide bonds. The molecule has 2 saturated heterocycles. The number of hydrogen-bond donors (Lipinski definition) is 0. The summed E-state index contributed by atoms with van der Waals surface area (Å²) in [5.41, 5.74) is 8.18. The van der Waals surface area contributed by atoms with Gasteiger partial charge in [0, 0.05) is 17.9 Å². The van der Waals surface area contributed by atoms with Crippen LogP contribution in [0, 0.1) is 0 Å². The fourth-order valence-electron chi connectivity index (χ4n) is 2.40. The van der Waals surface area contributed by atoms with Crippen molar-refractivity contribution in [2.45, 2.75) is 25.0 Å². The monoisotopic (exact) mass is 226 g/mol. The zero-order chi connectivity index (χ0) is 11.3. The summed E-state index contributed by atoms with van der Waals surface area (Å²) in [4.78, 5) is 5.08. The number of rotatable bonds is 4. The minimum atomic E-state index is -0.337. The standard InChI is InChI=1S/C10H18N4O2/c11-13-12-4-2-6-14-5-1-3-10(9-14)15-7-8-16-10/h1-9H2. The quantitative estimate of drug-likeness (QED) is 0.316. The zero-order valence-electron chi connectivity index (χ0n) is 9.47. The van der Waals surface area contributed by atoms with Crippen LogP contribution in [0.1, 0.15) is 19.3 Å². The van der Waals surface area contributed by atoms with Gasteiger partial charge in [-0.05, 0) is 31.5 Å². The lowest BCUT2D eigenvalue weighted by atomic mass is 10.0. The smallest absolute Gasteiger partial charge is 0.181 e. The molecular weight excluding hydrogens is 208 g/mol. The van der Waals surface area contributed by atoms with E-state index in [1.54, 1.807) is 0 Å². The maximum absolute atomic E-state index is 8.18. The maximum Gasteiger partial charge on any atom is 0.181 e. The summed E-state index contributed by atoms with van der Waals surface area (Å²) in [5, 5.41) is 3.54. The number of likely N-dealkylation sites (tertiary alicyclic amines) is 1. The highest BCUT2D eigenvalue weighted by molar-refractivity contribution is 4.83. The molecule has 0 aliphatic carbocycles. The fraction of sp³-hybridized carbons (Fsp3) is 1.00. The Morgan fingerprint density at radius 2 is 2.19 bits per heavy atom. The van der Waals surface area contributed by atoms with Crippen LogP contribution in [0.2, 0.25) is 0 Å². The molecule has 6 nitrogen and oxygen atoms in total. The molecule has 2 rings (SSSR count). The molecule has 90 valence electrons. The minimum absolute atomic E-state index is 0.337. The van der Waals surface area contributed by atoms with Gasteiger partial charge in [0.1, 0.15) is 0 Å². The normalized spacial score (nSPS) is 24.5. The van der Waals surface area contributed by atoms with Gasteiger partial charge in [-0.1, -0.05) is 5.11 Å². The first-order valence-electron chi connectivity index (χ1n) is 5.86. The van der Waals surface area contributed by atoms with Crippen molar-refractivity contribution >= 4 is 0 Å². The topological polar surface area (TPSA) is 70.5 Å². The van der Waals surface area contributed by atoms with E-state index in [1.165, 1.54) is 0 Å². The molecule has 0 aromatic rings. The second-order valence-corrected chi connectivity index (χ2v) is 4.30. The fourth-order valence-corrected chi connectivity index (χ4v) is 2.40. The first kappa shape index (κ1) is 11.7. The van der Waals surface area contributed by atoms with Crippen LogP contribution in [0.4, 0.5) is 0 Å². The van der Waals surface area contributed by atoms with Crippen LogP contribution in [0.25, 0.3) is 10.4 Å². The van der Waals surface area contributed by atoms with Gasteiger partial charge in [0.25, 0.3) is 0 Å². The number of azide groups is 1. The third kappa shape index (κ3) is 2.86. The molecule has 0 bridgehead atoms. The highest BCUT2D eigenvalue weighted by Gasteiger charge is 2.40. The van der Waals surface area contributed by atoms with Crippen LogP contribution >= 0.6 is 0 Å². The van der Waals surface area contributed by atoms with E-state index in [0.29, 0.717) is 19.8 Å². The van der Waals surface area contributed by atoms with E-state index in [1.807, 2.05) is 0 Å². The van der Waals surface area contributed by atoms with Crippen molar-refractivity contribution in [2.24, 2.45) is 5.11 Å². The molecule has 16 heavy (non-hydrogen) atoms. The van der Waals surface area contributed by atoms with Crippen molar-refractivity contribution in [3.63, 3.8) is 0 Å². The Morgan fingerprint density at radius 1 is 1.38 bits per heavy atom. The maximum atomic E-state index is 8.18. The Labute approximate surface area is 95.1 Å². The zero-order valence-corrected chi connectivity index (χ0v) is 9.47. The van der Waals surface area contributed by atoms with Gasteiger partial charge < -0.3 is 9.47 Å². The summed E-state index contributed by atoms with van der Waals surface area (Å²) in [5.74, 6) is -0.337. The van der Waals surface area contributed by atoms with Crippen molar-refractivity contribution in [1.29, 1.82) is 0 Å². The Hall–Kier alpha value is -0.810. The molecule has 2 fully saturated rings. The van der Waals surface area contributed by atoms with Gasteiger partial charge in [-0.15, -0.1) is 0 Å². The minimum Gasteiger partial charge on any atom is -0.346 e. The number of piperidine rings is 1. The third-order valence-electron chi connectivity index (χ3n) is 3.11. The highest BCUT2D eigenvalue weighted by Crippen LogP contribution is 2.29. The van der Waals surface area contributed by atoms with E-state index in [2.05, 4.69) is 14.9 Å². The summed E-state index contributed by atoms with van der Waals surface area (Å²) < 4.78 is 11.4. The van der Waals surface area contributed by atoms with Crippen LogP contribution in [0.15, 0.2) is 5.11 Å². The first-order valence-corrected chi connectivity index (χ1v) is 5.86. The number of nitrogens with zero attached hydrogens (tertiary/aromatic N) is 4. The van der Waals surface area contributed by atoms with E-state index < -0.39 is 0 Å². The summed E-state index contributed by atoms with van der Waals surface area (Å²) in [6.45, 7) is 4.89. The molecule has 0 aromatic carbocycles. The molecule has 0 radical (unpaired) electrons. The van der Waals surface area contributed by atoms with E-state index in [4.69, 9.17) is 15.0 Å². The van der Waals surface area contributed by atoms with Crippen LogP contribution in [-0.2, 0) is 9.47 Å². The Balaban J connectivity index is 1.75. The van der Waals surface area contributed by atoms with Crippen molar-refractivity contribution in [1.82, 2.24) is 4.90 Å². The average Bonchev–Trinajstić information content (AvgIpc) is 2.73. The molecule has 0 N–H and O–H groups in total. The van der Waals surface area contributed by atoms with E-state index in [9.17, 15) is 0 Å². The SMILES string of the molecule is [N-]=[N+]=NCCCN1CCCC2(C1)OCCO2. The summed E-state index contributed by atoms with van der Waals surface area (Å²) in [7, 11) is 0. The second-order valence-electron chi connectivity index (χ2n) is 4.30. The lowest BCUT2D eigenvalue weighted by Gasteiger charge is -2.38. The Bertz CT molecular complexity index is 272. The van der Waals surface area contributed by atoms with E-state index in [-0.39, 0.29) is 5.79 Å². The molecule has 2 aliphatic rings. The van der Waals surface area contributed by atoms with Gasteiger partial charge in [-0.25, -0.2) is 0 Å². The molecule has 6 heteroatoms. The molecule has 0 atom stereocenters.